The number of hydrogen-bond acceptors (Lipinski definition) is 16. The van der Waals surface area contributed by atoms with Crippen molar-refractivity contribution in [2.75, 3.05) is 68.8 Å². The second-order valence-corrected chi connectivity index (χ2v) is 25.7. The van der Waals surface area contributed by atoms with Gasteiger partial charge in [0.15, 0.2) is 11.6 Å². The van der Waals surface area contributed by atoms with Gasteiger partial charge >= 0.3 is 12.1 Å². The molecular weight excluding hydrogens is 1080 g/mol. The Labute approximate surface area is 494 Å². The van der Waals surface area contributed by atoms with Crippen molar-refractivity contribution in [3.8, 4) is 33.5 Å². The minimum atomic E-state index is -0.628. The molecule has 0 bridgehead atoms. The van der Waals surface area contributed by atoms with E-state index in [1.54, 1.807) is 21.1 Å². The lowest BCUT2D eigenvalue weighted by molar-refractivity contribution is -0.141. The van der Waals surface area contributed by atoms with Gasteiger partial charge in [-0.25, -0.2) is 9.78 Å². The molecule has 3 amide bonds. The van der Waals surface area contributed by atoms with Crippen molar-refractivity contribution >= 4 is 62.6 Å². The van der Waals surface area contributed by atoms with Gasteiger partial charge in [-0.3, -0.25) is 19.5 Å². The third-order valence-corrected chi connectivity index (χ3v) is 20.2. The molecule has 0 saturated carbocycles. The van der Waals surface area contributed by atoms with E-state index in [-0.39, 0.29) is 59.2 Å². The fourth-order valence-electron chi connectivity index (χ4n) is 14.8. The highest BCUT2D eigenvalue weighted by molar-refractivity contribution is 7.13. The van der Waals surface area contributed by atoms with Gasteiger partial charge < -0.3 is 44.0 Å². The summed E-state index contributed by atoms with van der Waals surface area (Å²) in [6, 6.07) is 19.5. The van der Waals surface area contributed by atoms with Crippen LogP contribution >= 0.6 is 11.3 Å². The van der Waals surface area contributed by atoms with Gasteiger partial charge in [0.25, 0.3) is 0 Å². The number of pyridine rings is 1. The van der Waals surface area contributed by atoms with Crippen LogP contribution in [0, 0.1) is 12.8 Å². The van der Waals surface area contributed by atoms with Crippen LogP contribution in [0.15, 0.2) is 76.9 Å². The number of anilines is 2. The second-order valence-electron chi connectivity index (χ2n) is 24.9. The molecule has 1 aliphatic carbocycles. The molecule has 18 nitrogen and oxygen atoms in total. The van der Waals surface area contributed by atoms with Crippen LogP contribution in [-0.4, -0.2) is 145 Å². The van der Waals surface area contributed by atoms with Crippen LogP contribution in [0.1, 0.15) is 145 Å². The average molecular weight is 1160 g/mol. The molecule has 3 aromatic carbocycles. The summed E-state index contributed by atoms with van der Waals surface area (Å²) < 4.78 is 19.0. The highest BCUT2D eigenvalue weighted by Gasteiger charge is 2.51. The van der Waals surface area contributed by atoms with E-state index in [1.165, 1.54) is 18.4 Å². The number of phenolic OH excluding ortho intramolecular Hbond substituents is 1. The predicted octanol–water partition coefficient (Wildman–Crippen LogP) is 11.1. The molecule has 9 heterocycles. The fraction of sp³-hybridized carbons (Fsp3) is 0.508. The minimum Gasteiger partial charge on any atom is -0.508 e. The van der Waals surface area contributed by atoms with Crippen molar-refractivity contribution in [2.24, 2.45) is 5.92 Å². The number of hydrogen-bond donors (Lipinski definition) is 2. The number of amides is 3. The van der Waals surface area contributed by atoms with Crippen molar-refractivity contribution in [1.29, 1.82) is 0 Å². The van der Waals surface area contributed by atoms with Gasteiger partial charge in [0, 0.05) is 80.7 Å². The molecule has 0 radical (unpaired) electrons. The maximum Gasteiger partial charge on any atom is 0.409 e. The van der Waals surface area contributed by atoms with Crippen LogP contribution in [0.3, 0.4) is 0 Å². The predicted molar refractivity (Wildman–Crippen MR) is 325 cm³/mol. The molecule has 7 aromatic rings. The number of carbonyl (C=O) groups is 3. The maximum atomic E-state index is 14.5. The standard InChI is InChI=1S/C65H77N11O7S/c1-38(2)54(62(79)75-26-12-16-51(75)61(78)68-41(5)43-17-19-44(20-18-43)59-42(6)67-37-84-59)52-32-53(71-83-52)74-29-28-73(34-39(74)3)64(80)81-35-46-21-23-65(22-13-27-76(46)65)36-82-63-69-58-50(60(70-63)72-24-9-7-8-10-25-72)33-66-57-49-31-47(77)30-45-14-11-15-48(56(45)49)40(4)55(57)58/h11,14-15,17-20,30-33,37-41,46,51,54,77H,7-10,12-13,16,21-29,34-36H2,1-6H3,(H,68,78)/t39-,40?,41+,46+,51+,54-,65?/m1/s1. The van der Waals surface area contributed by atoms with Gasteiger partial charge in [-0.2, -0.15) is 9.97 Å². The first-order valence-electron chi connectivity index (χ1n) is 30.6. The van der Waals surface area contributed by atoms with Crippen molar-refractivity contribution < 1.29 is 33.5 Å². The van der Waals surface area contributed by atoms with E-state index in [0.29, 0.717) is 63.4 Å². The van der Waals surface area contributed by atoms with Crippen LogP contribution < -0.4 is 19.9 Å². The molecule has 2 unspecified atom stereocenters. The monoisotopic (exact) mass is 1160 g/mol. The Morgan fingerprint density at radius 3 is 2.49 bits per heavy atom. The topological polar surface area (TPSA) is 196 Å². The largest absolute Gasteiger partial charge is 0.508 e. The summed E-state index contributed by atoms with van der Waals surface area (Å²) in [6.07, 6.45) is 11.3. The Morgan fingerprint density at radius 2 is 1.71 bits per heavy atom. The van der Waals surface area contributed by atoms with Gasteiger partial charge in [-0.15, -0.1) is 11.3 Å². The van der Waals surface area contributed by atoms with E-state index in [2.05, 4.69) is 68.3 Å². The molecular formula is C65H77N11O7S. The molecule has 6 aliphatic rings. The highest BCUT2D eigenvalue weighted by atomic mass is 32.1. The van der Waals surface area contributed by atoms with Crippen LogP contribution in [-0.2, 0) is 14.3 Å². The van der Waals surface area contributed by atoms with Crippen molar-refractivity contribution in [3.05, 3.63) is 101 Å². The zero-order valence-corrected chi connectivity index (χ0v) is 50.0. The number of aromatic nitrogens is 5. The zero-order valence-electron chi connectivity index (χ0n) is 49.2. The van der Waals surface area contributed by atoms with Gasteiger partial charge in [0.05, 0.1) is 44.3 Å². The second kappa shape index (κ2) is 22.9. The number of likely N-dealkylation sites (tertiary alicyclic amines) is 1. The van der Waals surface area contributed by atoms with E-state index >= 15 is 0 Å². The molecule has 0 spiro atoms. The average Bonchev–Trinajstić information content (AvgIpc) is 1.20. The van der Waals surface area contributed by atoms with E-state index in [4.69, 9.17) is 28.9 Å². The normalized spacial score (nSPS) is 23.2. The van der Waals surface area contributed by atoms with Gasteiger partial charge in [-0.1, -0.05) is 81.2 Å². The molecule has 440 valence electrons. The number of nitrogens with zero attached hydrogens (tertiary/aromatic N) is 10. The van der Waals surface area contributed by atoms with Crippen LogP contribution in [0.2, 0.25) is 0 Å². The lowest BCUT2D eigenvalue weighted by Crippen LogP contribution is -2.54. The Balaban J connectivity index is 0.637. The summed E-state index contributed by atoms with van der Waals surface area (Å²) in [4.78, 5) is 74.0. The summed E-state index contributed by atoms with van der Waals surface area (Å²) in [5.74, 6) is 1.11. The minimum absolute atomic E-state index is 0.00231. The van der Waals surface area contributed by atoms with Gasteiger partial charge in [0.2, 0.25) is 11.8 Å². The van der Waals surface area contributed by atoms with Crippen molar-refractivity contribution in [2.45, 2.75) is 147 Å². The summed E-state index contributed by atoms with van der Waals surface area (Å²) >= 11 is 1.61. The summed E-state index contributed by atoms with van der Waals surface area (Å²) in [5.41, 5.74) is 9.51. The molecule has 2 N–H and O–H groups in total. The van der Waals surface area contributed by atoms with Crippen LogP contribution in [0.25, 0.3) is 43.4 Å². The zero-order chi connectivity index (χ0) is 58.0. The molecule has 13 rings (SSSR count). The number of phenols is 1. The lowest BCUT2D eigenvalue weighted by atomic mass is 9.79. The number of aromatic hydroxyl groups is 1. The number of benzene rings is 3. The third kappa shape index (κ3) is 10.3. The Hall–Kier alpha value is -7.38. The maximum absolute atomic E-state index is 14.5. The summed E-state index contributed by atoms with van der Waals surface area (Å²) in [7, 11) is 0. The number of rotatable bonds is 14. The first-order valence-corrected chi connectivity index (χ1v) is 31.5. The molecule has 84 heavy (non-hydrogen) atoms. The van der Waals surface area contributed by atoms with Crippen LogP contribution in [0.4, 0.5) is 16.4 Å². The Kier molecular flexibility index (Phi) is 15.2. The van der Waals surface area contributed by atoms with Gasteiger partial charge in [-0.05, 0) is 124 Å². The molecule has 5 aliphatic heterocycles. The Bertz CT molecular complexity index is 3620. The van der Waals surface area contributed by atoms with Gasteiger partial charge in [0.1, 0.15) is 36.7 Å². The SMILES string of the molecule is Cc1ncsc1-c1ccc([C@H](C)NC(=O)[C@@H]2CCCN2C(=O)[C@@H](c2cc(N3CCN(C(=O)OC[C@@H]4CCC5(COc6nc(N7CCCCCC7)c7cnc8c(c7n6)C(C)c6cccc7cc(O)cc-8c67)CCCN45)C[C@H]3C)no2)C(C)C)cc1. The molecule has 19 heteroatoms. The van der Waals surface area contributed by atoms with Crippen molar-refractivity contribution in [1.82, 2.24) is 45.1 Å². The third-order valence-electron chi connectivity index (χ3n) is 19.2. The first kappa shape index (κ1) is 55.8. The molecule has 5 fully saturated rings. The quantitative estimate of drug-likeness (QED) is 0.104. The number of carbonyl (C=O) groups excluding carboxylic acids is 3. The van der Waals surface area contributed by atoms with E-state index in [1.807, 2.05) is 75.8 Å². The molecule has 5 saturated heterocycles. The van der Waals surface area contributed by atoms with E-state index in [9.17, 15) is 19.5 Å². The van der Waals surface area contributed by atoms with E-state index in [0.717, 1.165) is 131 Å². The number of fused-ring (bicyclic) bond motifs is 5. The van der Waals surface area contributed by atoms with E-state index < -0.39 is 12.0 Å². The Morgan fingerprint density at radius 1 is 0.893 bits per heavy atom. The fourth-order valence-corrected chi connectivity index (χ4v) is 15.6. The molecule has 4 aromatic heterocycles. The number of aryl methyl sites for hydroxylation is 1. The molecule has 7 atom stereocenters. The number of piperazine rings is 1. The number of thiazole rings is 1. The first-order chi connectivity index (χ1) is 40.7. The smallest absolute Gasteiger partial charge is 0.409 e. The van der Waals surface area contributed by atoms with Crippen LogP contribution in [0.5, 0.6) is 11.8 Å². The van der Waals surface area contributed by atoms with Crippen molar-refractivity contribution in [3.63, 3.8) is 0 Å². The summed E-state index contributed by atoms with van der Waals surface area (Å²) in [5, 5.41) is 21.6. The number of nitrogens with one attached hydrogen (secondary N) is 1. The lowest BCUT2D eigenvalue weighted by Gasteiger charge is -2.39. The summed E-state index contributed by atoms with van der Waals surface area (Å²) in [6.45, 7) is 17.6. The highest BCUT2D eigenvalue weighted by Crippen LogP contribution is 2.49. The number of ether oxygens (including phenoxy) is 2.